The Labute approximate surface area is 197 Å². The van der Waals surface area contributed by atoms with Gasteiger partial charge in [0.2, 0.25) is 11.8 Å². The van der Waals surface area contributed by atoms with Crippen LogP contribution in [0.15, 0.2) is 43.0 Å². The van der Waals surface area contributed by atoms with E-state index in [9.17, 15) is 9.59 Å². The van der Waals surface area contributed by atoms with Crippen molar-refractivity contribution in [1.82, 2.24) is 9.80 Å². The fraction of sp³-hybridized carbons (Fsp3) is 0.304. The third-order valence-corrected chi connectivity index (χ3v) is 6.01. The Morgan fingerprint density at radius 3 is 2.31 bits per heavy atom. The van der Waals surface area contributed by atoms with Crippen molar-refractivity contribution < 1.29 is 19.1 Å². The van der Waals surface area contributed by atoms with Crippen LogP contribution in [0.4, 0.5) is 5.69 Å². The van der Waals surface area contributed by atoms with E-state index in [4.69, 9.17) is 32.7 Å². The van der Waals surface area contributed by atoms with Crippen molar-refractivity contribution in [1.29, 1.82) is 0 Å². The maximum absolute atomic E-state index is 12.7. The molecule has 0 unspecified atom stereocenters. The first kappa shape index (κ1) is 23.8. The van der Waals surface area contributed by atoms with Gasteiger partial charge in [0, 0.05) is 43.4 Å². The second-order valence-corrected chi connectivity index (χ2v) is 7.90. The van der Waals surface area contributed by atoms with Crippen molar-refractivity contribution in [2.75, 3.05) is 52.3 Å². The van der Waals surface area contributed by atoms with Crippen LogP contribution in [0.25, 0.3) is 11.1 Å². The number of carbonyl (C=O) groups excluding carboxylic acids is 2. The SMILES string of the molecule is C=CC(=O)N1CCN(C(=O)CNc2cc(-c3cccc(OC)c3Cl)c(Cl)cc2OC)CC1. The van der Waals surface area contributed by atoms with Crippen molar-refractivity contribution in [3.05, 3.63) is 53.0 Å². The van der Waals surface area contributed by atoms with Crippen molar-refractivity contribution in [3.63, 3.8) is 0 Å². The molecule has 7 nitrogen and oxygen atoms in total. The van der Waals surface area contributed by atoms with Gasteiger partial charge in [0.1, 0.15) is 11.5 Å². The van der Waals surface area contributed by atoms with E-state index in [0.717, 1.165) is 0 Å². The maximum Gasteiger partial charge on any atom is 0.246 e. The number of hydrogen-bond acceptors (Lipinski definition) is 5. The third kappa shape index (κ3) is 5.11. The molecule has 0 radical (unpaired) electrons. The van der Waals surface area contributed by atoms with Gasteiger partial charge in [-0.25, -0.2) is 0 Å². The Balaban J connectivity index is 1.76. The molecule has 1 aliphatic rings. The molecule has 1 saturated heterocycles. The molecule has 9 heteroatoms. The van der Waals surface area contributed by atoms with Gasteiger partial charge in [0.15, 0.2) is 0 Å². The minimum absolute atomic E-state index is 0.0681. The summed E-state index contributed by atoms with van der Waals surface area (Å²) < 4.78 is 10.7. The number of nitrogens with zero attached hydrogens (tertiary/aromatic N) is 2. The second kappa shape index (κ2) is 10.6. The van der Waals surface area contributed by atoms with Crippen molar-refractivity contribution in [2.45, 2.75) is 0 Å². The van der Waals surface area contributed by atoms with E-state index in [1.54, 1.807) is 35.1 Å². The third-order valence-electron chi connectivity index (χ3n) is 5.31. The number of ether oxygens (including phenoxy) is 2. The van der Waals surface area contributed by atoms with Crippen LogP contribution in [0.3, 0.4) is 0 Å². The molecule has 1 N–H and O–H groups in total. The van der Waals surface area contributed by atoms with Gasteiger partial charge in [-0.1, -0.05) is 41.9 Å². The number of halogens is 2. The van der Waals surface area contributed by atoms with Crippen LogP contribution in [0.2, 0.25) is 10.0 Å². The first-order valence-electron chi connectivity index (χ1n) is 10.0. The lowest BCUT2D eigenvalue weighted by Gasteiger charge is -2.34. The predicted octanol–water partition coefficient (Wildman–Crippen LogP) is 3.95. The fourth-order valence-electron chi connectivity index (χ4n) is 3.53. The summed E-state index contributed by atoms with van der Waals surface area (Å²) in [5.41, 5.74) is 2.00. The molecular formula is C23H25Cl2N3O4. The summed E-state index contributed by atoms with van der Waals surface area (Å²) >= 11 is 13.0. The minimum atomic E-state index is -0.121. The number of nitrogens with one attached hydrogen (secondary N) is 1. The van der Waals surface area contributed by atoms with Gasteiger partial charge in [0.05, 0.1) is 36.5 Å². The van der Waals surface area contributed by atoms with Crippen molar-refractivity contribution in [3.8, 4) is 22.6 Å². The van der Waals surface area contributed by atoms with Crippen molar-refractivity contribution >= 4 is 40.7 Å². The van der Waals surface area contributed by atoms with Crippen LogP contribution in [-0.4, -0.2) is 68.6 Å². The van der Waals surface area contributed by atoms with Crippen molar-refractivity contribution in [2.24, 2.45) is 0 Å². The van der Waals surface area contributed by atoms with Gasteiger partial charge in [-0.05, 0) is 18.2 Å². The van der Waals surface area contributed by atoms with E-state index in [1.807, 2.05) is 12.1 Å². The van der Waals surface area contributed by atoms with E-state index in [2.05, 4.69) is 11.9 Å². The first-order valence-corrected chi connectivity index (χ1v) is 10.8. The quantitative estimate of drug-likeness (QED) is 0.611. The summed E-state index contributed by atoms with van der Waals surface area (Å²) in [5.74, 6) is 0.848. The van der Waals surface area contributed by atoms with Gasteiger partial charge < -0.3 is 24.6 Å². The average molecular weight is 478 g/mol. The zero-order chi connectivity index (χ0) is 23.3. The molecule has 3 rings (SSSR count). The number of anilines is 1. The average Bonchev–Trinajstić information content (AvgIpc) is 2.82. The number of rotatable bonds is 7. The summed E-state index contributed by atoms with van der Waals surface area (Å²) in [7, 11) is 3.08. The number of amides is 2. The Hall–Kier alpha value is -2.90. The molecule has 1 aliphatic heterocycles. The second-order valence-electron chi connectivity index (χ2n) is 7.12. The molecule has 2 aromatic rings. The molecule has 0 aliphatic carbocycles. The van der Waals surface area contributed by atoms with Gasteiger partial charge in [-0.2, -0.15) is 0 Å². The van der Waals surface area contributed by atoms with E-state index in [0.29, 0.717) is 64.5 Å². The normalized spacial score (nSPS) is 13.5. The lowest BCUT2D eigenvalue weighted by molar-refractivity contribution is -0.135. The standard InChI is InChI=1S/C23H25Cl2N3O4/c1-4-21(29)27-8-10-28(11-9-27)22(30)14-26-18-12-16(17(24)13-20(18)32-3)15-6-5-7-19(31-2)23(15)25/h4-7,12-13,26H,1,8-11,14H2,2-3H3. The number of methoxy groups -OCH3 is 2. The summed E-state index contributed by atoms with van der Waals surface area (Å²) in [5, 5.41) is 4.04. The van der Waals surface area contributed by atoms with Gasteiger partial charge in [-0.15, -0.1) is 0 Å². The minimum Gasteiger partial charge on any atom is -0.495 e. The van der Waals surface area contributed by atoms with E-state index in [1.165, 1.54) is 13.2 Å². The van der Waals surface area contributed by atoms with Crippen LogP contribution in [0, 0.1) is 0 Å². The smallest absolute Gasteiger partial charge is 0.246 e. The van der Waals surface area contributed by atoms with E-state index < -0.39 is 0 Å². The molecule has 2 aromatic carbocycles. The number of benzene rings is 2. The summed E-state index contributed by atoms with van der Waals surface area (Å²) in [4.78, 5) is 27.8. The van der Waals surface area contributed by atoms with Gasteiger partial charge in [0.25, 0.3) is 0 Å². The molecule has 170 valence electrons. The first-order chi connectivity index (χ1) is 15.4. The Bertz CT molecular complexity index is 1020. The molecule has 1 heterocycles. The monoisotopic (exact) mass is 477 g/mol. The van der Waals surface area contributed by atoms with Crippen LogP contribution in [0.1, 0.15) is 0 Å². The van der Waals surface area contributed by atoms with Crippen LogP contribution in [-0.2, 0) is 9.59 Å². The fourth-order valence-corrected chi connectivity index (χ4v) is 4.09. The Kier molecular flexibility index (Phi) is 7.88. The zero-order valence-electron chi connectivity index (χ0n) is 18.0. The molecule has 0 aromatic heterocycles. The van der Waals surface area contributed by atoms with Crippen LogP contribution >= 0.6 is 23.2 Å². The Morgan fingerprint density at radius 2 is 1.69 bits per heavy atom. The molecule has 0 saturated carbocycles. The number of hydrogen-bond donors (Lipinski definition) is 1. The van der Waals surface area contributed by atoms with Gasteiger partial charge >= 0.3 is 0 Å². The molecule has 2 amide bonds. The Morgan fingerprint density at radius 1 is 1.03 bits per heavy atom. The highest BCUT2D eigenvalue weighted by Crippen LogP contribution is 2.42. The highest BCUT2D eigenvalue weighted by atomic mass is 35.5. The number of piperazine rings is 1. The number of carbonyl (C=O) groups is 2. The highest BCUT2D eigenvalue weighted by molar-refractivity contribution is 6.37. The molecule has 32 heavy (non-hydrogen) atoms. The maximum atomic E-state index is 12.7. The largest absolute Gasteiger partial charge is 0.495 e. The van der Waals surface area contributed by atoms with Crippen LogP contribution < -0.4 is 14.8 Å². The molecule has 0 atom stereocenters. The highest BCUT2D eigenvalue weighted by Gasteiger charge is 2.23. The molecule has 1 fully saturated rings. The molecule has 0 bridgehead atoms. The van der Waals surface area contributed by atoms with Gasteiger partial charge in [-0.3, -0.25) is 9.59 Å². The summed E-state index contributed by atoms with van der Waals surface area (Å²) in [6.45, 7) is 5.49. The van der Waals surface area contributed by atoms with E-state index in [-0.39, 0.29) is 18.4 Å². The molecule has 0 spiro atoms. The topological polar surface area (TPSA) is 71.1 Å². The summed E-state index contributed by atoms with van der Waals surface area (Å²) in [6, 6.07) is 8.92. The predicted molar refractivity (Wildman–Crippen MR) is 127 cm³/mol. The summed E-state index contributed by atoms with van der Waals surface area (Å²) in [6.07, 6.45) is 1.29. The molecular weight excluding hydrogens is 453 g/mol. The lowest BCUT2D eigenvalue weighted by Crippen LogP contribution is -2.51. The zero-order valence-corrected chi connectivity index (χ0v) is 19.5. The van der Waals surface area contributed by atoms with Crippen LogP contribution in [0.5, 0.6) is 11.5 Å². The van der Waals surface area contributed by atoms with E-state index >= 15 is 0 Å². The lowest BCUT2D eigenvalue weighted by atomic mass is 10.0.